The highest BCUT2D eigenvalue weighted by atomic mass is 79.9. The lowest BCUT2D eigenvalue weighted by Crippen LogP contribution is -2.14. The maximum absolute atomic E-state index is 11.9. The maximum Gasteiger partial charge on any atom is 0.270 e. The number of nitrogen functional groups attached to an aromatic ring is 1. The number of hydrogen-bond acceptors (Lipinski definition) is 6. The second-order valence-electron chi connectivity index (χ2n) is 3.15. The van der Waals surface area contributed by atoms with Crippen LogP contribution in [0.1, 0.15) is 10.4 Å². The Bertz CT molecular complexity index is 567. The fraction of sp³-hybridized carbons (Fsp3) is 0.125. The summed E-state index contributed by atoms with van der Waals surface area (Å²) in [6, 6.07) is 1.45. The average molecular weight is 298 g/mol. The van der Waals surface area contributed by atoms with Crippen LogP contribution in [0.25, 0.3) is 0 Å². The van der Waals surface area contributed by atoms with Gasteiger partial charge in [-0.2, -0.15) is 4.80 Å². The first-order valence-corrected chi connectivity index (χ1v) is 5.32. The topological polar surface area (TPSA) is 112 Å². The molecule has 0 aromatic carbocycles. The molecule has 0 aliphatic rings. The lowest BCUT2D eigenvalue weighted by atomic mass is 10.2. The van der Waals surface area contributed by atoms with Gasteiger partial charge in [-0.1, -0.05) is 5.10 Å². The molecule has 0 atom stereocenters. The fourth-order valence-electron chi connectivity index (χ4n) is 1.13. The first kappa shape index (κ1) is 11.5. The van der Waals surface area contributed by atoms with Crippen molar-refractivity contribution in [3.8, 4) is 0 Å². The largest absolute Gasteiger partial charge is 0.384 e. The van der Waals surface area contributed by atoms with Crippen LogP contribution < -0.4 is 11.1 Å². The van der Waals surface area contributed by atoms with Gasteiger partial charge in [0.15, 0.2) is 0 Å². The van der Waals surface area contributed by atoms with E-state index in [1.54, 1.807) is 7.05 Å². The van der Waals surface area contributed by atoms with Gasteiger partial charge in [0, 0.05) is 10.7 Å². The summed E-state index contributed by atoms with van der Waals surface area (Å²) in [5.74, 6) is -0.00999. The number of nitrogens with one attached hydrogen (secondary N) is 1. The summed E-state index contributed by atoms with van der Waals surface area (Å²) >= 11 is 3.21. The smallest absolute Gasteiger partial charge is 0.270 e. The molecule has 2 rings (SSSR count). The second kappa shape index (κ2) is 4.45. The zero-order valence-corrected chi connectivity index (χ0v) is 10.3. The van der Waals surface area contributed by atoms with E-state index >= 15 is 0 Å². The lowest BCUT2D eigenvalue weighted by Gasteiger charge is -2.03. The summed E-state index contributed by atoms with van der Waals surface area (Å²) < 4.78 is 0.535. The van der Waals surface area contributed by atoms with Crippen LogP contribution in [-0.4, -0.2) is 31.1 Å². The van der Waals surface area contributed by atoms with Crippen molar-refractivity contribution in [2.45, 2.75) is 0 Å². The normalized spacial score (nSPS) is 10.2. The third-order valence-electron chi connectivity index (χ3n) is 1.85. The number of nitrogens with zero attached hydrogens (tertiary/aromatic N) is 5. The number of tetrazole rings is 1. The Morgan fingerprint density at radius 2 is 2.35 bits per heavy atom. The molecule has 2 heterocycles. The zero-order valence-electron chi connectivity index (χ0n) is 8.75. The van der Waals surface area contributed by atoms with Crippen LogP contribution >= 0.6 is 15.9 Å². The van der Waals surface area contributed by atoms with Crippen molar-refractivity contribution in [2.75, 3.05) is 11.1 Å². The third kappa shape index (κ3) is 2.56. The fourth-order valence-corrected chi connectivity index (χ4v) is 1.53. The molecular formula is C8H8BrN7O. The number of amides is 1. The molecule has 88 valence electrons. The molecule has 9 heteroatoms. The molecule has 2 aromatic rings. The number of rotatable bonds is 2. The van der Waals surface area contributed by atoms with Gasteiger partial charge in [0.2, 0.25) is 0 Å². The van der Waals surface area contributed by atoms with Crippen molar-refractivity contribution in [2.24, 2.45) is 7.05 Å². The molecule has 3 N–H and O–H groups in total. The van der Waals surface area contributed by atoms with Crippen molar-refractivity contribution in [3.05, 3.63) is 22.3 Å². The van der Waals surface area contributed by atoms with Gasteiger partial charge >= 0.3 is 0 Å². The molecule has 0 bridgehead atoms. The van der Waals surface area contributed by atoms with Crippen molar-refractivity contribution in [3.63, 3.8) is 0 Å². The van der Waals surface area contributed by atoms with Crippen LogP contribution in [0.5, 0.6) is 0 Å². The molecule has 0 fully saturated rings. The van der Waals surface area contributed by atoms with Crippen LogP contribution in [0.4, 0.5) is 11.8 Å². The van der Waals surface area contributed by atoms with Gasteiger partial charge in [-0.3, -0.25) is 10.1 Å². The van der Waals surface area contributed by atoms with E-state index in [-0.39, 0.29) is 17.7 Å². The van der Waals surface area contributed by atoms with Gasteiger partial charge in [0.1, 0.15) is 5.82 Å². The number of aryl methyl sites for hydroxylation is 1. The Balaban J connectivity index is 2.22. The van der Waals surface area contributed by atoms with E-state index in [1.165, 1.54) is 17.1 Å². The Morgan fingerprint density at radius 1 is 1.59 bits per heavy atom. The van der Waals surface area contributed by atoms with Gasteiger partial charge < -0.3 is 5.73 Å². The van der Waals surface area contributed by atoms with E-state index in [9.17, 15) is 4.79 Å². The predicted octanol–water partition coefficient (Wildman–Crippen LogP) is 0.202. The minimum absolute atomic E-state index is 0.125. The van der Waals surface area contributed by atoms with Crippen LogP contribution in [0, 0.1) is 0 Å². The predicted molar refractivity (Wildman–Crippen MR) is 63.1 cm³/mol. The number of hydrogen-bond donors (Lipinski definition) is 2. The third-order valence-corrected chi connectivity index (χ3v) is 2.49. The van der Waals surface area contributed by atoms with Crippen LogP contribution in [0.3, 0.4) is 0 Å². The highest BCUT2D eigenvalue weighted by molar-refractivity contribution is 9.10. The summed E-state index contributed by atoms with van der Waals surface area (Å²) in [7, 11) is 1.60. The summed E-state index contributed by atoms with van der Waals surface area (Å²) in [4.78, 5) is 16.9. The summed E-state index contributed by atoms with van der Waals surface area (Å²) in [6.45, 7) is 0. The van der Waals surface area contributed by atoms with Crippen molar-refractivity contribution in [1.29, 1.82) is 0 Å². The van der Waals surface area contributed by atoms with E-state index < -0.39 is 0 Å². The molecule has 0 saturated heterocycles. The number of halogens is 1. The van der Waals surface area contributed by atoms with Crippen LogP contribution in [-0.2, 0) is 7.05 Å². The monoisotopic (exact) mass is 297 g/mol. The molecular weight excluding hydrogens is 290 g/mol. The molecule has 0 aliphatic carbocycles. The summed E-state index contributed by atoms with van der Waals surface area (Å²) in [5.41, 5.74) is 5.85. The lowest BCUT2D eigenvalue weighted by molar-refractivity contribution is 0.102. The van der Waals surface area contributed by atoms with E-state index in [2.05, 4.69) is 41.6 Å². The van der Waals surface area contributed by atoms with E-state index in [0.29, 0.717) is 10.0 Å². The minimum Gasteiger partial charge on any atom is -0.384 e. The van der Waals surface area contributed by atoms with Gasteiger partial charge in [-0.05, 0) is 27.2 Å². The van der Waals surface area contributed by atoms with Gasteiger partial charge in [-0.15, -0.1) is 5.10 Å². The zero-order chi connectivity index (χ0) is 12.4. The molecule has 0 aliphatic heterocycles. The number of aromatic nitrogens is 5. The van der Waals surface area contributed by atoms with Crippen LogP contribution in [0.2, 0.25) is 0 Å². The maximum atomic E-state index is 11.9. The first-order valence-electron chi connectivity index (χ1n) is 4.52. The molecule has 1 amide bonds. The first-order chi connectivity index (χ1) is 8.06. The second-order valence-corrected chi connectivity index (χ2v) is 4.00. The molecule has 0 saturated carbocycles. The van der Waals surface area contributed by atoms with Crippen molar-refractivity contribution < 1.29 is 4.79 Å². The van der Waals surface area contributed by atoms with Gasteiger partial charge in [0.05, 0.1) is 12.6 Å². The SMILES string of the molecule is Cn1nnc(NC(=O)c2cc(N)ncc2Br)n1. The molecule has 17 heavy (non-hydrogen) atoms. The molecule has 0 radical (unpaired) electrons. The van der Waals surface area contributed by atoms with Gasteiger partial charge in [-0.25, -0.2) is 4.98 Å². The number of carbonyl (C=O) groups is 1. The highest BCUT2D eigenvalue weighted by Gasteiger charge is 2.13. The molecule has 8 nitrogen and oxygen atoms in total. The summed E-state index contributed by atoms with van der Waals surface area (Å²) in [5, 5.41) is 13.6. The van der Waals surface area contributed by atoms with Crippen LogP contribution in [0.15, 0.2) is 16.7 Å². The Morgan fingerprint density at radius 3 is 3.00 bits per heavy atom. The number of nitrogens with two attached hydrogens (primary N) is 1. The Labute approximate surface area is 104 Å². The standard InChI is InChI=1S/C8H8BrN7O/c1-16-14-8(13-15-16)12-7(17)4-2-6(10)11-3-5(4)9/h2-3H,1H3,(H2,10,11)(H,12,14,17). The molecule has 0 unspecified atom stereocenters. The molecule has 0 spiro atoms. The number of pyridine rings is 1. The van der Waals surface area contributed by atoms with E-state index in [1.807, 2.05) is 0 Å². The van der Waals surface area contributed by atoms with Crippen molar-refractivity contribution >= 4 is 33.6 Å². The summed E-state index contributed by atoms with van der Waals surface area (Å²) in [6.07, 6.45) is 1.45. The highest BCUT2D eigenvalue weighted by Crippen LogP contribution is 2.18. The van der Waals surface area contributed by atoms with Gasteiger partial charge in [0.25, 0.3) is 11.9 Å². The van der Waals surface area contributed by atoms with Crippen molar-refractivity contribution in [1.82, 2.24) is 25.2 Å². The Hall–Kier alpha value is -2.03. The van der Waals surface area contributed by atoms with E-state index in [4.69, 9.17) is 5.73 Å². The minimum atomic E-state index is -0.390. The average Bonchev–Trinajstić information content (AvgIpc) is 2.67. The number of carbonyl (C=O) groups excluding carboxylic acids is 1. The quantitative estimate of drug-likeness (QED) is 0.819. The number of anilines is 2. The molecule has 2 aromatic heterocycles. The van der Waals surface area contributed by atoms with E-state index in [0.717, 1.165) is 0 Å². The Kier molecular flexibility index (Phi) is 3.00.